The van der Waals surface area contributed by atoms with Crippen LogP contribution in [0, 0.1) is 0 Å². The van der Waals surface area contributed by atoms with Gasteiger partial charge in [0, 0.05) is 25.9 Å². The van der Waals surface area contributed by atoms with Gasteiger partial charge in [-0.25, -0.2) is 9.59 Å². The molecule has 6 heteroatoms. The molecule has 0 saturated carbocycles. The van der Waals surface area contributed by atoms with E-state index in [0.717, 1.165) is 12.2 Å². The molecule has 0 radical (unpaired) electrons. The number of carboxylic acids is 2. The van der Waals surface area contributed by atoms with Crippen LogP contribution in [0.15, 0.2) is 24.3 Å². The van der Waals surface area contributed by atoms with Crippen molar-refractivity contribution in [3.8, 4) is 0 Å². The Kier molecular flexibility index (Phi) is 7.66. The Balaban J connectivity index is 5.11. The highest BCUT2D eigenvalue weighted by Gasteiger charge is 2.25. The number of hydrogen-bond acceptors (Lipinski definition) is 4. The highest BCUT2D eigenvalue weighted by molar-refractivity contribution is 5.81. The molecule has 0 heterocycles. The number of ether oxygens (including phenoxy) is 2. The summed E-state index contributed by atoms with van der Waals surface area (Å²) < 4.78 is 10.5. The molecule has 0 amide bonds. The molecule has 0 fully saturated rings. The van der Waals surface area contributed by atoms with Crippen molar-refractivity contribution in [2.45, 2.75) is 18.9 Å². The molecular weight excluding hydrogens is 240 g/mol. The van der Waals surface area contributed by atoms with Crippen LogP contribution in [0.3, 0.4) is 0 Å². The number of aliphatic carboxylic acids is 2. The fourth-order valence-corrected chi connectivity index (χ4v) is 1.23. The summed E-state index contributed by atoms with van der Waals surface area (Å²) in [6.45, 7) is 2.28. The normalized spacial score (nSPS) is 15.0. The van der Waals surface area contributed by atoms with Gasteiger partial charge < -0.3 is 19.7 Å². The van der Waals surface area contributed by atoms with E-state index in [-0.39, 0.29) is 6.61 Å². The first-order chi connectivity index (χ1) is 8.45. The summed E-state index contributed by atoms with van der Waals surface area (Å²) in [5.74, 6) is -2.28. The van der Waals surface area contributed by atoms with E-state index < -0.39 is 17.5 Å². The molecule has 0 saturated heterocycles. The first-order valence-electron chi connectivity index (χ1n) is 5.43. The molecule has 0 aromatic rings. The van der Waals surface area contributed by atoms with Crippen LogP contribution >= 0.6 is 0 Å². The summed E-state index contributed by atoms with van der Waals surface area (Å²) in [4.78, 5) is 21.1. The third-order valence-corrected chi connectivity index (χ3v) is 1.96. The lowest BCUT2D eigenvalue weighted by Gasteiger charge is -2.26. The highest BCUT2D eigenvalue weighted by Crippen LogP contribution is 2.17. The van der Waals surface area contributed by atoms with Crippen molar-refractivity contribution in [2.75, 3.05) is 20.3 Å². The molecule has 0 spiro atoms. The average molecular weight is 258 g/mol. The van der Waals surface area contributed by atoms with Gasteiger partial charge in [-0.05, 0) is 18.6 Å². The molecule has 0 atom stereocenters. The van der Waals surface area contributed by atoms with Gasteiger partial charge in [-0.2, -0.15) is 0 Å². The zero-order valence-corrected chi connectivity index (χ0v) is 10.5. The molecule has 0 aromatic carbocycles. The number of hydrogen-bond donors (Lipinski definition) is 2. The minimum Gasteiger partial charge on any atom is -0.478 e. The highest BCUT2D eigenvalue weighted by atomic mass is 16.5. The van der Waals surface area contributed by atoms with Crippen molar-refractivity contribution in [3.63, 3.8) is 0 Å². The zero-order valence-electron chi connectivity index (χ0n) is 10.5. The third kappa shape index (κ3) is 6.82. The van der Waals surface area contributed by atoms with Gasteiger partial charge in [0.05, 0.1) is 6.61 Å². The van der Waals surface area contributed by atoms with E-state index in [9.17, 15) is 9.59 Å². The first kappa shape index (κ1) is 16.3. The Bertz CT molecular complexity index is 307. The standard InChI is InChI=1S/C12H18O6/c1-3-8-18-12(9-17-2,6-4-10(13)14)7-5-11(15)16/h4-7H,3,8-9H2,1-2H3,(H,13,14)(H,15,16). The maximum absolute atomic E-state index is 10.5. The van der Waals surface area contributed by atoms with Crippen molar-refractivity contribution in [1.82, 2.24) is 0 Å². The van der Waals surface area contributed by atoms with Gasteiger partial charge in [0.25, 0.3) is 0 Å². The zero-order chi connectivity index (χ0) is 14.0. The maximum atomic E-state index is 10.5. The topological polar surface area (TPSA) is 93.1 Å². The minimum atomic E-state index is -1.18. The molecule has 0 bridgehead atoms. The van der Waals surface area contributed by atoms with E-state index in [0.29, 0.717) is 13.0 Å². The Morgan fingerprint density at radius 1 is 1.17 bits per heavy atom. The molecule has 0 unspecified atom stereocenters. The van der Waals surface area contributed by atoms with Gasteiger partial charge in [-0.1, -0.05) is 6.92 Å². The summed E-state index contributed by atoms with van der Waals surface area (Å²) in [5.41, 5.74) is -1.18. The SMILES string of the molecule is CCCOC(C=CC(=O)O)(C=CC(=O)O)COC. The summed E-state index contributed by atoms with van der Waals surface area (Å²) in [6, 6.07) is 0. The molecular formula is C12H18O6. The quantitative estimate of drug-likeness (QED) is 0.601. The van der Waals surface area contributed by atoms with E-state index in [2.05, 4.69) is 0 Å². The molecule has 18 heavy (non-hydrogen) atoms. The van der Waals surface area contributed by atoms with Gasteiger partial charge >= 0.3 is 11.9 Å². The summed E-state index contributed by atoms with van der Waals surface area (Å²) >= 11 is 0. The van der Waals surface area contributed by atoms with Crippen LogP contribution in [-0.4, -0.2) is 48.1 Å². The van der Waals surface area contributed by atoms with Crippen LogP contribution in [0.1, 0.15) is 13.3 Å². The molecule has 0 aliphatic heterocycles. The summed E-state index contributed by atoms with van der Waals surface area (Å²) in [6.07, 6.45) is 5.07. The van der Waals surface area contributed by atoms with E-state index in [1.54, 1.807) is 0 Å². The predicted octanol–water partition coefficient (Wildman–Crippen LogP) is 1.08. The van der Waals surface area contributed by atoms with E-state index >= 15 is 0 Å². The van der Waals surface area contributed by atoms with Gasteiger partial charge in [0.15, 0.2) is 0 Å². The van der Waals surface area contributed by atoms with Crippen LogP contribution in [0.4, 0.5) is 0 Å². The van der Waals surface area contributed by atoms with Crippen LogP contribution < -0.4 is 0 Å². The number of carbonyl (C=O) groups is 2. The van der Waals surface area contributed by atoms with Crippen molar-refractivity contribution in [2.24, 2.45) is 0 Å². The average Bonchev–Trinajstić information content (AvgIpc) is 2.31. The van der Waals surface area contributed by atoms with Crippen molar-refractivity contribution in [1.29, 1.82) is 0 Å². The summed E-state index contributed by atoms with van der Waals surface area (Å²) in [7, 11) is 1.42. The molecule has 0 aliphatic rings. The van der Waals surface area contributed by atoms with Gasteiger partial charge in [-0.3, -0.25) is 0 Å². The van der Waals surface area contributed by atoms with E-state index in [4.69, 9.17) is 19.7 Å². The predicted molar refractivity (Wildman–Crippen MR) is 64.4 cm³/mol. The second kappa shape index (κ2) is 8.43. The van der Waals surface area contributed by atoms with Crippen molar-refractivity contribution in [3.05, 3.63) is 24.3 Å². The maximum Gasteiger partial charge on any atom is 0.328 e. The Morgan fingerprint density at radius 2 is 1.67 bits per heavy atom. The lowest BCUT2D eigenvalue weighted by Crippen LogP contribution is -2.34. The van der Waals surface area contributed by atoms with Crippen LogP contribution in [-0.2, 0) is 19.1 Å². The number of carboxylic acid groups (broad SMARTS) is 2. The van der Waals surface area contributed by atoms with Crippen LogP contribution in [0.5, 0.6) is 0 Å². The Hall–Kier alpha value is -1.66. The van der Waals surface area contributed by atoms with Crippen molar-refractivity contribution < 1.29 is 29.3 Å². The molecule has 6 nitrogen and oxygen atoms in total. The molecule has 0 rings (SSSR count). The van der Waals surface area contributed by atoms with Crippen LogP contribution in [0.2, 0.25) is 0 Å². The largest absolute Gasteiger partial charge is 0.478 e. The lowest BCUT2D eigenvalue weighted by molar-refractivity contribution is -0.132. The lowest BCUT2D eigenvalue weighted by atomic mass is 10.0. The monoisotopic (exact) mass is 258 g/mol. The molecule has 102 valence electrons. The van der Waals surface area contributed by atoms with Crippen LogP contribution in [0.25, 0.3) is 0 Å². The summed E-state index contributed by atoms with van der Waals surface area (Å²) in [5, 5.41) is 17.2. The number of rotatable bonds is 9. The van der Waals surface area contributed by atoms with Crippen molar-refractivity contribution >= 4 is 11.9 Å². The number of methoxy groups -OCH3 is 1. The Labute approximate surface area is 106 Å². The smallest absolute Gasteiger partial charge is 0.328 e. The van der Waals surface area contributed by atoms with Gasteiger partial charge in [0.2, 0.25) is 0 Å². The second-order valence-electron chi connectivity index (χ2n) is 3.58. The fraction of sp³-hybridized carbons (Fsp3) is 0.500. The van der Waals surface area contributed by atoms with Gasteiger partial charge in [0.1, 0.15) is 5.60 Å². The Morgan fingerprint density at radius 3 is 2.00 bits per heavy atom. The van der Waals surface area contributed by atoms with E-state index in [1.165, 1.54) is 19.3 Å². The first-order valence-corrected chi connectivity index (χ1v) is 5.43. The second-order valence-corrected chi connectivity index (χ2v) is 3.58. The molecule has 2 N–H and O–H groups in total. The molecule has 0 aromatic heterocycles. The third-order valence-electron chi connectivity index (χ3n) is 1.96. The minimum absolute atomic E-state index is 0.0283. The fourth-order valence-electron chi connectivity index (χ4n) is 1.23. The van der Waals surface area contributed by atoms with Gasteiger partial charge in [-0.15, -0.1) is 0 Å². The molecule has 0 aliphatic carbocycles. The van der Waals surface area contributed by atoms with E-state index in [1.807, 2.05) is 6.92 Å².